The molecule has 2 fully saturated rings. The molecule has 2 bridgehead atoms. The van der Waals surface area contributed by atoms with Crippen LogP contribution in [0.5, 0.6) is 0 Å². The van der Waals surface area contributed by atoms with Gasteiger partial charge in [-0.2, -0.15) is 0 Å². The van der Waals surface area contributed by atoms with E-state index in [1.807, 2.05) is 0 Å². The molecule has 0 spiro atoms. The second-order valence-electron chi connectivity index (χ2n) is 2.30. The first-order chi connectivity index (χ1) is 3.45. The van der Waals surface area contributed by atoms with Crippen molar-refractivity contribution in [2.24, 2.45) is 0 Å². The average molecular weight is 136 g/mol. The molecule has 0 aromatic rings. The van der Waals surface area contributed by atoms with Crippen LogP contribution in [0.1, 0.15) is 6.42 Å². The van der Waals surface area contributed by atoms with Crippen LogP contribution in [0.2, 0.25) is 0 Å². The van der Waals surface area contributed by atoms with Crippen LogP contribution in [0.25, 0.3) is 0 Å². The van der Waals surface area contributed by atoms with Gasteiger partial charge in [-0.1, -0.05) is 0 Å². The van der Waals surface area contributed by atoms with E-state index in [0.717, 1.165) is 13.2 Å². The first-order valence-corrected chi connectivity index (χ1v) is 2.80. The molecule has 2 saturated heterocycles. The molecule has 48 valence electrons. The molecule has 1 unspecified atom stereocenters. The van der Waals surface area contributed by atoms with Crippen LogP contribution < -0.4 is 5.32 Å². The summed E-state index contributed by atoms with van der Waals surface area (Å²) >= 11 is 0. The molecule has 2 atom stereocenters. The SMILES string of the molecule is C1O[C@H]2CNC1C2.Cl. The van der Waals surface area contributed by atoms with Gasteiger partial charge in [0.25, 0.3) is 0 Å². The Labute approximate surface area is 55.0 Å². The molecule has 2 heterocycles. The van der Waals surface area contributed by atoms with Crippen LogP contribution in [0.4, 0.5) is 0 Å². The van der Waals surface area contributed by atoms with E-state index in [4.69, 9.17) is 4.74 Å². The molecule has 2 aliphatic heterocycles. The molecule has 3 heteroatoms. The lowest BCUT2D eigenvalue weighted by molar-refractivity contribution is 0.0892. The highest BCUT2D eigenvalue weighted by Gasteiger charge is 2.31. The Morgan fingerprint density at radius 3 is 2.50 bits per heavy atom. The topological polar surface area (TPSA) is 21.3 Å². The fourth-order valence-electron chi connectivity index (χ4n) is 1.29. The van der Waals surface area contributed by atoms with E-state index in [2.05, 4.69) is 5.32 Å². The summed E-state index contributed by atoms with van der Waals surface area (Å²) in [7, 11) is 0. The Balaban J connectivity index is 0.000000320. The third-order valence-electron chi connectivity index (χ3n) is 1.71. The number of fused-ring (bicyclic) bond motifs is 2. The van der Waals surface area contributed by atoms with Crippen molar-refractivity contribution >= 4 is 12.4 Å². The van der Waals surface area contributed by atoms with Crippen LogP contribution in [-0.4, -0.2) is 25.3 Å². The van der Waals surface area contributed by atoms with Gasteiger partial charge in [0.15, 0.2) is 0 Å². The average Bonchev–Trinajstić information content (AvgIpc) is 2.22. The predicted molar refractivity (Wildman–Crippen MR) is 33.4 cm³/mol. The maximum absolute atomic E-state index is 5.29. The van der Waals surface area contributed by atoms with Crippen molar-refractivity contribution in [1.29, 1.82) is 0 Å². The van der Waals surface area contributed by atoms with Gasteiger partial charge < -0.3 is 10.1 Å². The standard InChI is InChI=1S/C5H9NO.ClH/c1-4-3-7-5(1)2-6-4;/h4-6H,1-3H2;1H/t4?,5-;/m1./s1. The van der Waals surface area contributed by atoms with Crippen molar-refractivity contribution in [3.05, 3.63) is 0 Å². The minimum atomic E-state index is 0. The smallest absolute Gasteiger partial charge is 0.0716 e. The minimum Gasteiger partial charge on any atom is -0.375 e. The molecule has 0 aromatic heterocycles. The van der Waals surface area contributed by atoms with Crippen molar-refractivity contribution in [1.82, 2.24) is 5.32 Å². The quantitative estimate of drug-likeness (QED) is 0.511. The monoisotopic (exact) mass is 135 g/mol. The highest BCUT2D eigenvalue weighted by Crippen LogP contribution is 2.17. The normalized spacial score (nSPS) is 42.0. The molecule has 0 aliphatic carbocycles. The molecule has 1 N–H and O–H groups in total. The summed E-state index contributed by atoms with van der Waals surface area (Å²) in [6.07, 6.45) is 1.81. The first kappa shape index (κ1) is 6.33. The zero-order chi connectivity index (χ0) is 4.69. The van der Waals surface area contributed by atoms with E-state index in [-0.39, 0.29) is 12.4 Å². The number of ether oxygens (including phenoxy) is 1. The van der Waals surface area contributed by atoms with E-state index in [9.17, 15) is 0 Å². The summed E-state index contributed by atoms with van der Waals surface area (Å²) < 4.78 is 5.29. The van der Waals surface area contributed by atoms with Gasteiger partial charge in [-0.15, -0.1) is 12.4 Å². The molecule has 0 amide bonds. The van der Waals surface area contributed by atoms with E-state index in [1.165, 1.54) is 6.42 Å². The van der Waals surface area contributed by atoms with Crippen molar-refractivity contribution < 1.29 is 4.74 Å². The molecule has 0 saturated carbocycles. The Bertz CT molecular complexity index is 70.5. The fraction of sp³-hybridized carbons (Fsp3) is 1.00. The molecular weight excluding hydrogens is 126 g/mol. The zero-order valence-electron chi connectivity index (χ0n) is 4.59. The lowest BCUT2D eigenvalue weighted by Gasteiger charge is -2.09. The number of halogens is 1. The second-order valence-corrected chi connectivity index (χ2v) is 2.30. The van der Waals surface area contributed by atoms with E-state index >= 15 is 0 Å². The Morgan fingerprint density at radius 1 is 1.50 bits per heavy atom. The zero-order valence-corrected chi connectivity index (χ0v) is 5.41. The van der Waals surface area contributed by atoms with Gasteiger partial charge in [0.05, 0.1) is 12.7 Å². The maximum atomic E-state index is 5.29. The van der Waals surface area contributed by atoms with E-state index in [1.54, 1.807) is 0 Å². The highest BCUT2D eigenvalue weighted by atomic mass is 35.5. The van der Waals surface area contributed by atoms with Gasteiger partial charge in [-0.3, -0.25) is 0 Å². The minimum absolute atomic E-state index is 0. The van der Waals surface area contributed by atoms with Crippen LogP contribution in [-0.2, 0) is 4.74 Å². The lowest BCUT2D eigenvalue weighted by Crippen LogP contribution is -2.30. The molecule has 8 heavy (non-hydrogen) atoms. The van der Waals surface area contributed by atoms with Gasteiger partial charge in [-0.05, 0) is 6.42 Å². The number of morpholine rings is 1. The number of hydrogen-bond donors (Lipinski definition) is 1. The van der Waals surface area contributed by atoms with Crippen LogP contribution >= 0.6 is 12.4 Å². The van der Waals surface area contributed by atoms with Gasteiger partial charge in [0.2, 0.25) is 0 Å². The van der Waals surface area contributed by atoms with E-state index in [0.29, 0.717) is 12.1 Å². The molecule has 0 radical (unpaired) electrons. The van der Waals surface area contributed by atoms with Gasteiger partial charge in [0.1, 0.15) is 0 Å². The summed E-state index contributed by atoms with van der Waals surface area (Å²) in [5.41, 5.74) is 0. The van der Waals surface area contributed by atoms with Crippen molar-refractivity contribution in [3.63, 3.8) is 0 Å². The predicted octanol–water partition coefficient (Wildman–Crippen LogP) is 0.169. The summed E-state index contributed by atoms with van der Waals surface area (Å²) in [6, 6.07) is 0.699. The lowest BCUT2D eigenvalue weighted by atomic mass is 10.3. The third kappa shape index (κ3) is 0.835. The molecule has 2 nitrogen and oxygen atoms in total. The maximum Gasteiger partial charge on any atom is 0.0716 e. The Kier molecular flexibility index (Phi) is 1.75. The van der Waals surface area contributed by atoms with Gasteiger partial charge >= 0.3 is 0 Å². The summed E-state index contributed by atoms with van der Waals surface area (Å²) in [5, 5.41) is 3.33. The molecular formula is C5H10ClNO. The van der Waals surface area contributed by atoms with Crippen molar-refractivity contribution in [2.75, 3.05) is 13.2 Å². The Morgan fingerprint density at radius 2 is 2.38 bits per heavy atom. The van der Waals surface area contributed by atoms with Crippen LogP contribution in [0.15, 0.2) is 0 Å². The van der Waals surface area contributed by atoms with Crippen molar-refractivity contribution in [2.45, 2.75) is 18.6 Å². The van der Waals surface area contributed by atoms with Crippen LogP contribution in [0.3, 0.4) is 0 Å². The molecule has 2 aliphatic rings. The number of hydrogen-bond acceptors (Lipinski definition) is 2. The number of nitrogens with one attached hydrogen (secondary N) is 1. The fourth-order valence-corrected chi connectivity index (χ4v) is 1.29. The van der Waals surface area contributed by atoms with Gasteiger partial charge in [0, 0.05) is 12.6 Å². The Hall–Kier alpha value is 0.210. The number of rotatable bonds is 0. The summed E-state index contributed by atoms with van der Waals surface area (Å²) in [6.45, 7) is 2.04. The largest absolute Gasteiger partial charge is 0.375 e. The van der Waals surface area contributed by atoms with Crippen LogP contribution in [0, 0.1) is 0 Å². The van der Waals surface area contributed by atoms with Gasteiger partial charge in [-0.25, -0.2) is 0 Å². The second kappa shape index (κ2) is 2.21. The van der Waals surface area contributed by atoms with E-state index < -0.39 is 0 Å². The molecule has 0 aromatic carbocycles. The van der Waals surface area contributed by atoms with Crippen molar-refractivity contribution in [3.8, 4) is 0 Å². The molecule has 2 rings (SSSR count). The third-order valence-corrected chi connectivity index (χ3v) is 1.71. The summed E-state index contributed by atoms with van der Waals surface area (Å²) in [4.78, 5) is 0. The summed E-state index contributed by atoms with van der Waals surface area (Å²) in [5.74, 6) is 0. The highest BCUT2D eigenvalue weighted by molar-refractivity contribution is 5.85. The first-order valence-electron chi connectivity index (χ1n) is 2.80.